The molecule has 4 N–H and O–H groups in total. The molecular weight excluding hydrogens is 456 g/mol. The number of amides is 3. The highest BCUT2D eigenvalue weighted by Crippen LogP contribution is 2.39. The lowest BCUT2D eigenvalue weighted by atomic mass is 9.80. The molecule has 8 nitrogen and oxygen atoms in total. The first-order chi connectivity index (χ1) is 15.5. The van der Waals surface area contributed by atoms with Gasteiger partial charge in [0.25, 0.3) is 5.91 Å². The third-order valence-electron chi connectivity index (χ3n) is 6.56. The Morgan fingerprint density at radius 3 is 2.45 bits per heavy atom. The molecule has 1 aliphatic carbocycles. The summed E-state index contributed by atoms with van der Waals surface area (Å²) in [5, 5.41) is 3.02. The highest BCUT2D eigenvalue weighted by atomic mass is 32.1. The van der Waals surface area contributed by atoms with Gasteiger partial charge in [-0.1, -0.05) is 44.2 Å². The van der Waals surface area contributed by atoms with E-state index in [1.54, 1.807) is 6.20 Å². The topological polar surface area (TPSA) is 120 Å². The monoisotopic (exact) mass is 488 g/mol. The van der Waals surface area contributed by atoms with Gasteiger partial charge in [-0.05, 0) is 43.0 Å². The SMILES string of the molecule is CC(C)(CCC(=O)NNC(=O)[C@H]1C[C@H](NC(=O)c2ncc(-c3ccccc3)s2)C1)[Si](C)(C)O. The molecule has 1 fully saturated rings. The largest absolute Gasteiger partial charge is 0.432 e. The van der Waals surface area contributed by atoms with Crippen LogP contribution in [0.3, 0.4) is 0 Å². The van der Waals surface area contributed by atoms with Crippen molar-refractivity contribution in [3.05, 3.63) is 41.5 Å². The molecule has 3 amide bonds. The van der Waals surface area contributed by atoms with Crippen molar-refractivity contribution in [2.45, 2.75) is 63.7 Å². The fraction of sp³-hybridized carbons (Fsp3) is 0.478. The lowest BCUT2D eigenvalue weighted by Crippen LogP contribution is -2.52. The molecule has 0 spiro atoms. The molecule has 1 aromatic carbocycles. The number of aromatic nitrogens is 1. The van der Waals surface area contributed by atoms with Crippen LogP contribution in [0.25, 0.3) is 10.4 Å². The van der Waals surface area contributed by atoms with E-state index in [4.69, 9.17) is 0 Å². The summed E-state index contributed by atoms with van der Waals surface area (Å²) in [6.45, 7) is 7.63. The Labute approximate surface area is 199 Å². The molecule has 0 unspecified atom stereocenters. The van der Waals surface area contributed by atoms with E-state index >= 15 is 0 Å². The maximum Gasteiger partial charge on any atom is 0.280 e. The van der Waals surface area contributed by atoms with Crippen molar-refractivity contribution >= 4 is 37.4 Å². The summed E-state index contributed by atoms with van der Waals surface area (Å²) in [5.41, 5.74) is 5.94. The lowest BCUT2D eigenvalue weighted by molar-refractivity contribution is -0.133. The number of benzene rings is 1. The smallest absolute Gasteiger partial charge is 0.280 e. The summed E-state index contributed by atoms with van der Waals surface area (Å²) < 4.78 is 0. The zero-order valence-corrected chi connectivity index (χ0v) is 21.3. The summed E-state index contributed by atoms with van der Waals surface area (Å²) in [6.07, 6.45) is 3.50. The van der Waals surface area contributed by atoms with Gasteiger partial charge in [0.05, 0.1) is 4.88 Å². The summed E-state index contributed by atoms with van der Waals surface area (Å²) in [7, 11) is -2.38. The van der Waals surface area contributed by atoms with Crippen LogP contribution in [-0.4, -0.2) is 41.9 Å². The first-order valence-electron chi connectivity index (χ1n) is 11.1. The van der Waals surface area contributed by atoms with E-state index in [-0.39, 0.29) is 41.1 Å². The van der Waals surface area contributed by atoms with Gasteiger partial charge in [0.1, 0.15) is 0 Å². The molecule has 10 heteroatoms. The maximum absolute atomic E-state index is 12.5. The van der Waals surface area contributed by atoms with Crippen molar-refractivity contribution in [1.82, 2.24) is 21.2 Å². The number of rotatable bonds is 8. The number of nitrogens with zero attached hydrogens (tertiary/aromatic N) is 1. The van der Waals surface area contributed by atoms with E-state index in [1.165, 1.54) is 11.3 Å². The van der Waals surface area contributed by atoms with Crippen molar-refractivity contribution in [3.8, 4) is 10.4 Å². The fourth-order valence-electron chi connectivity index (χ4n) is 3.34. The minimum atomic E-state index is -2.38. The zero-order chi connectivity index (χ0) is 24.2. The van der Waals surface area contributed by atoms with Crippen LogP contribution in [0.4, 0.5) is 0 Å². The quantitative estimate of drug-likeness (QED) is 0.336. The Morgan fingerprint density at radius 1 is 1.15 bits per heavy atom. The van der Waals surface area contributed by atoms with Gasteiger partial charge in [-0.25, -0.2) is 4.98 Å². The third-order valence-corrected chi connectivity index (χ3v) is 11.2. The normalized spacial score (nSPS) is 18.2. The molecule has 1 aliphatic rings. The summed E-state index contributed by atoms with van der Waals surface area (Å²) in [4.78, 5) is 52.3. The van der Waals surface area contributed by atoms with Crippen molar-refractivity contribution in [3.63, 3.8) is 0 Å². The van der Waals surface area contributed by atoms with E-state index in [1.807, 2.05) is 57.3 Å². The summed E-state index contributed by atoms with van der Waals surface area (Å²) in [6, 6.07) is 9.67. The van der Waals surface area contributed by atoms with Gasteiger partial charge in [0.2, 0.25) is 11.8 Å². The average molecular weight is 489 g/mol. The van der Waals surface area contributed by atoms with Gasteiger partial charge in [0, 0.05) is 24.6 Å². The van der Waals surface area contributed by atoms with E-state index in [2.05, 4.69) is 21.2 Å². The Bertz CT molecular complexity index is 997. The molecule has 1 saturated carbocycles. The second kappa shape index (κ2) is 10.1. The summed E-state index contributed by atoms with van der Waals surface area (Å²) in [5.74, 6) is -1.04. The molecule has 0 bridgehead atoms. The fourth-order valence-corrected chi connectivity index (χ4v) is 4.90. The molecule has 178 valence electrons. The van der Waals surface area contributed by atoms with Crippen LogP contribution in [0.5, 0.6) is 0 Å². The predicted octanol–water partition coefficient (Wildman–Crippen LogP) is 3.22. The highest BCUT2D eigenvalue weighted by molar-refractivity contribution is 7.17. The molecular formula is C23H32N4O4SSi. The summed E-state index contributed by atoms with van der Waals surface area (Å²) >= 11 is 1.33. The lowest BCUT2D eigenvalue weighted by Gasteiger charge is -2.35. The van der Waals surface area contributed by atoms with Crippen LogP contribution in [0.15, 0.2) is 36.5 Å². The van der Waals surface area contributed by atoms with E-state index in [9.17, 15) is 19.2 Å². The number of nitrogens with one attached hydrogen (secondary N) is 3. The Morgan fingerprint density at radius 2 is 1.82 bits per heavy atom. The molecule has 0 aliphatic heterocycles. The van der Waals surface area contributed by atoms with Gasteiger partial charge < -0.3 is 10.1 Å². The standard InChI is InChI=1S/C23H32N4O4SSi/c1-23(2,33(3,4)31)11-10-19(28)26-27-20(29)16-12-17(13-16)25-21(30)22-24-14-18(32-22)15-8-6-5-7-9-15/h5-9,14,16-17,31H,10-13H2,1-4H3,(H,25,30)(H,26,28)(H,27,29)/t16-,17-. The number of carbonyl (C=O) groups excluding carboxylic acids is 3. The first-order valence-corrected chi connectivity index (χ1v) is 14.9. The highest BCUT2D eigenvalue weighted by Gasteiger charge is 2.38. The van der Waals surface area contributed by atoms with Gasteiger partial charge in [-0.15, -0.1) is 11.3 Å². The van der Waals surface area contributed by atoms with Gasteiger partial charge in [-0.2, -0.15) is 0 Å². The van der Waals surface area contributed by atoms with E-state index < -0.39 is 8.32 Å². The Hall–Kier alpha value is -2.56. The Balaban J connectivity index is 1.37. The van der Waals surface area contributed by atoms with Gasteiger partial charge in [-0.3, -0.25) is 25.2 Å². The molecule has 33 heavy (non-hydrogen) atoms. The average Bonchev–Trinajstić information content (AvgIpc) is 3.23. The number of hydrogen-bond acceptors (Lipinski definition) is 6. The predicted molar refractivity (Wildman–Crippen MR) is 131 cm³/mol. The minimum absolute atomic E-state index is 0.0921. The van der Waals surface area contributed by atoms with Crippen LogP contribution < -0.4 is 16.2 Å². The molecule has 0 radical (unpaired) electrons. The minimum Gasteiger partial charge on any atom is -0.432 e. The second-order valence-corrected chi connectivity index (χ2v) is 15.2. The number of carbonyl (C=O) groups is 3. The molecule has 0 saturated heterocycles. The van der Waals surface area contributed by atoms with Crippen molar-refractivity contribution in [1.29, 1.82) is 0 Å². The van der Waals surface area contributed by atoms with Crippen molar-refractivity contribution in [2.75, 3.05) is 0 Å². The molecule has 1 heterocycles. The number of hydrogen-bond donors (Lipinski definition) is 4. The van der Waals surface area contributed by atoms with Gasteiger partial charge in [0.15, 0.2) is 13.3 Å². The molecule has 1 aromatic heterocycles. The molecule has 3 rings (SSSR count). The molecule has 0 atom stereocenters. The third kappa shape index (κ3) is 6.49. The van der Waals surface area contributed by atoms with Crippen LogP contribution in [0, 0.1) is 5.92 Å². The van der Waals surface area contributed by atoms with Gasteiger partial charge >= 0.3 is 0 Å². The van der Waals surface area contributed by atoms with Crippen LogP contribution >= 0.6 is 11.3 Å². The van der Waals surface area contributed by atoms with Crippen LogP contribution in [0.1, 0.15) is 49.3 Å². The van der Waals surface area contributed by atoms with Crippen molar-refractivity contribution < 1.29 is 19.2 Å². The zero-order valence-electron chi connectivity index (χ0n) is 19.5. The van der Waals surface area contributed by atoms with E-state index in [0.29, 0.717) is 24.3 Å². The number of hydrazine groups is 1. The van der Waals surface area contributed by atoms with Crippen LogP contribution in [0.2, 0.25) is 18.1 Å². The Kier molecular flexibility index (Phi) is 7.71. The molecule has 2 aromatic rings. The number of thiazole rings is 1. The van der Waals surface area contributed by atoms with Crippen molar-refractivity contribution in [2.24, 2.45) is 5.92 Å². The first kappa shape index (κ1) is 25.1. The van der Waals surface area contributed by atoms with E-state index in [0.717, 1.165) is 10.4 Å². The van der Waals surface area contributed by atoms with Crippen LogP contribution in [-0.2, 0) is 9.59 Å². The maximum atomic E-state index is 12.5. The second-order valence-electron chi connectivity index (χ2n) is 9.71.